The molecule has 0 bridgehead atoms. The molecule has 118 valence electrons. The van der Waals surface area contributed by atoms with E-state index in [1.165, 1.54) is 7.11 Å². The van der Waals surface area contributed by atoms with Gasteiger partial charge in [-0.2, -0.15) is 0 Å². The molecule has 21 heavy (non-hydrogen) atoms. The summed E-state index contributed by atoms with van der Waals surface area (Å²) in [6.07, 6.45) is 0.905. The maximum Gasteiger partial charge on any atom is 0.251 e. The Morgan fingerprint density at radius 2 is 1.76 bits per heavy atom. The number of primary sulfonamides is 1. The van der Waals surface area contributed by atoms with Crippen LogP contribution in [0, 0.1) is 0 Å². The molecule has 0 radical (unpaired) electrons. The number of benzene rings is 1. The lowest BCUT2D eigenvalue weighted by Gasteiger charge is -2.08. The third-order valence-corrected chi connectivity index (χ3v) is 4.48. The van der Waals surface area contributed by atoms with E-state index in [0.717, 1.165) is 24.5 Å². The van der Waals surface area contributed by atoms with E-state index in [2.05, 4.69) is 5.32 Å². The van der Waals surface area contributed by atoms with E-state index in [1.54, 1.807) is 0 Å². The lowest BCUT2D eigenvalue weighted by atomic mass is 10.2. The molecule has 1 amide bonds. The van der Waals surface area contributed by atoms with E-state index >= 15 is 0 Å². The summed E-state index contributed by atoms with van der Waals surface area (Å²) in [5.41, 5.74) is -0.113. The van der Waals surface area contributed by atoms with Gasteiger partial charge in [0, 0.05) is 25.5 Å². The number of nitrogens with two attached hydrogens (primary N) is 1. The van der Waals surface area contributed by atoms with Gasteiger partial charge in [0.1, 0.15) is 0 Å². The summed E-state index contributed by atoms with van der Waals surface area (Å²) in [5.74, 6) is -0.623. The fourth-order valence-corrected chi connectivity index (χ4v) is 2.79. The molecule has 0 aliphatic rings. The van der Waals surface area contributed by atoms with Gasteiger partial charge in [0.25, 0.3) is 5.91 Å². The Morgan fingerprint density at radius 1 is 1.19 bits per heavy atom. The normalized spacial score (nSPS) is 12.1. The largest absolute Gasteiger partial charge is 0.383 e. The second-order valence-electron chi connectivity index (χ2n) is 4.26. The molecule has 10 heteroatoms. The van der Waals surface area contributed by atoms with Crippen molar-refractivity contribution in [2.45, 2.75) is 9.79 Å². The summed E-state index contributed by atoms with van der Waals surface area (Å²) in [7, 11) is -6.37. The van der Waals surface area contributed by atoms with Gasteiger partial charge in [0.05, 0.1) is 16.4 Å². The number of methoxy groups -OCH3 is 1. The van der Waals surface area contributed by atoms with Gasteiger partial charge in [-0.15, -0.1) is 0 Å². The molecule has 0 unspecified atom stereocenters. The lowest BCUT2D eigenvalue weighted by Crippen LogP contribution is -2.27. The topological polar surface area (TPSA) is 133 Å². The van der Waals surface area contributed by atoms with Crippen LogP contribution < -0.4 is 10.5 Å². The number of nitrogens with one attached hydrogen (secondary N) is 1. The highest BCUT2D eigenvalue weighted by Gasteiger charge is 2.18. The summed E-state index contributed by atoms with van der Waals surface area (Å²) in [5, 5.41) is 7.45. The van der Waals surface area contributed by atoms with Crippen LogP contribution in [0.3, 0.4) is 0 Å². The zero-order valence-electron chi connectivity index (χ0n) is 11.5. The van der Waals surface area contributed by atoms with Crippen LogP contribution in [0.5, 0.6) is 0 Å². The molecule has 0 fully saturated rings. The fourth-order valence-electron chi connectivity index (χ4n) is 1.45. The Kier molecular flexibility index (Phi) is 5.45. The molecule has 0 saturated carbocycles. The van der Waals surface area contributed by atoms with Crippen LogP contribution in [-0.4, -0.2) is 49.3 Å². The minimum Gasteiger partial charge on any atom is -0.383 e. The number of amides is 1. The van der Waals surface area contributed by atoms with Gasteiger partial charge in [0.15, 0.2) is 9.84 Å². The van der Waals surface area contributed by atoms with Crippen molar-refractivity contribution in [1.29, 1.82) is 0 Å². The monoisotopic (exact) mass is 336 g/mol. The number of hydrogen-bond acceptors (Lipinski definition) is 6. The molecule has 0 aromatic heterocycles. The van der Waals surface area contributed by atoms with E-state index in [0.29, 0.717) is 0 Å². The van der Waals surface area contributed by atoms with Crippen molar-refractivity contribution in [1.82, 2.24) is 5.32 Å². The third kappa shape index (κ3) is 5.08. The molecular weight excluding hydrogens is 320 g/mol. The van der Waals surface area contributed by atoms with Crippen molar-refractivity contribution < 1.29 is 26.4 Å². The Bertz CT molecular complexity index is 690. The first-order valence-corrected chi connectivity index (χ1v) is 9.14. The van der Waals surface area contributed by atoms with Crippen molar-refractivity contribution in [2.24, 2.45) is 5.14 Å². The Balaban J connectivity index is 3.30. The molecule has 1 aromatic carbocycles. The first kappa shape index (κ1) is 17.6. The average molecular weight is 336 g/mol. The number of sulfone groups is 1. The van der Waals surface area contributed by atoms with Gasteiger partial charge in [-0.3, -0.25) is 4.79 Å². The summed E-state index contributed by atoms with van der Waals surface area (Å²) >= 11 is 0. The van der Waals surface area contributed by atoms with Gasteiger partial charge in [0.2, 0.25) is 10.0 Å². The van der Waals surface area contributed by atoms with Crippen molar-refractivity contribution in [3.63, 3.8) is 0 Å². The van der Waals surface area contributed by atoms with Crippen LogP contribution in [0.2, 0.25) is 0 Å². The van der Waals surface area contributed by atoms with Crippen LogP contribution >= 0.6 is 0 Å². The van der Waals surface area contributed by atoms with Crippen molar-refractivity contribution in [2.75, 3.05) is 26.5 Å². The molecule has 0 aliphatic heterocycles. The minimum absolute atomic E-state index is 0.113. The second kappa shape index (κ2) is 6.52. The van der Waals surface area contributed by atoms with Gasteiger partial charge in [-0.1, -0.05) is 0 Å². The highest BCUT2D eigenvalue weighted by atomic mass is 32.2. The zero-order valence-corrected chi connectivity index (χ0v) is 13.1. The smallest absolute Gasteiger partial charge is 0.251 e. The standard InChI is InChI=1S/C11H16N2O6S2/c1-19-4-3-13-11(14)8-5-9(20(2,15)16)7-10(6-8)21(12,17)18/h5-7H,3-4H2,1-2H3,(H,13,14)(H2,12,17,18). The molecule has 0 saturated heterocycles. The number of sulfonamides is 1. The van der Waals surface area contributed by atoms with E-state index < -0.39 is 30.7 Å². The number of carbonyl (C=O) groups excluding carboxylic acids is 1. The fraction of sp³-hybridized carbons (Fsp3) is 0.364. The summed E-state index contributed by atoms with van der Waals surface area (Å²) in [4.78, 5) is 11.1. The predicted octanol–water partition coefficient (Wildman–Crippen LogP) is -0.886. The maximum atomic E-state index is 11.9. The van der Waals surface area contributed by atoms with Gasteiger partial charge in [-0.25, -0.2) is 22.0 Å². The molecule has 1 aromatic rings. The quantitative estimate of drug-likeness (QED) is 0.648. The summed E-state index contributed by atoms with van der Waals surface area (Å²) in [6, 6.07) is 3.02. The maximum absolute atomic E-state index is 11.9. The van der Waals surface area contributed by atoms with Crippen LogP contribution in [-0.2, 0) is 24.6 Å². The lowest BCUT2D eigenvalue weighted by molar-refractivity contribution is 0.0936. The molecule has 8 nitrogen and oxygen atoms in total. The number of carbonyl (C=O) groups is 1. The molecule has 0 heterocycles. The third-order valence-electron chi connectivity index (χ3n) is 2.49. The highest BCUT2D eigenvalue weighted by Crippen LogP contribution is 2.18. The van der Waals surface area contributed by atoms with Crippen molar-refractivity contribution in [3.05, 3.63) is 23.8 Å². The molecule has 3 N–H and O–H groups in total. The van der Waals surface area contributed by atoms with Gasteiger partial charge >= 0.3 is 0 Å². The Morgan fingerprint density at radius 3 is 2.24 bits per heavy atom. The van der Waals surface area contributed by atoms with Gasteiger partial charge in [-0.05, 0) is 18.2 Å². The molecule has 0 aliphatic carbocycles. The van der Waals surface area contributed by atoms with Gasteiger partial charge < -0.3 is 10.1 Å². The SMILES string of the molecule is COCCNC(=O)c1cc(S(C)(=O)=O)cc(S(N)(=O)=O)c1. The Labute approximate surface area is 123 Å². The predicted molar refractivity (Wildman–Crippen MR) is 75.1 cm³/mol. The molecule has 1 rings (SSSR count). The number of hydrogen-bond donors (Lipinski definition) is 2. The number of rotatable bonds is 6. The molecule has 0 spiro atoms. The Hall–Kier alpha value is -1.49. The highest BCUT2D eigenvalue weighted by molar-refractivity contribution is 7.91. The van der Waals surface area contributed by atoms with E-state index in [4.69, 9.17) is 9.88 Å². The van der Waals surface area contributed by atoms with Crippen molar-refractivity contribution in [3.8, 4) is 0 Å². The average Bonchev–Trinajstić information content (AvgIpc) is 2.36. The molecular formula is C11H16N2O6S2. The minimum atomic E-state index is -4.14. The molecule has 0 atom stereocenters. The van der Waals surface area contributed by atoms with Crippen LogP contribution in [0.4, 0.5) is 0 Å². The summed E-state index contributed by atoms with van der Waals surface area (Å²) in [6.45, 7) is 0.461. The van der Waals surface area contributed by atoms with E-state index in [-0.39, 0.29) is 23.6 Å². The second-order valence-corrected chi connectivity index (χ2v) is 7.84. The van der Waals surface area contributed by atoms with Crippen LogP contribution in [0.15, 0.2) is 28.0 Å². The van der Waals surface area contributed by atoms with E-state index in [1.807, 2.05) is 0 Å². The van der Waals surface area contributed by atoms with E-state index in [9.17, 15) is 21.6 Å². The first-order valence-electron chi connectivity index (χ1n) is 5.71. The number of ether oxygens (including phenoxy) is 1. The first-order chi connectivity index (χ1) is 9.55. The zero-order chi connectivity index (χ0) is 16.3. The van der Waals surface area contributed by atoms with Crippen LogP contribution in [0.25, 0.3) is 0 Å². The summed E-state index contributed by atoms with van der Waals surface area (Å²) < 4.78 is 50.6. The van der Waals surface area contributed by atoms with Crippen molar-refractivity contribution >= 4 is 25.8 Å². The van der Waals surface area contributed by atoms with Crippen LogP contribution in [0.1, 0.15) is 10.4 Å².